The van der Waals surface area contributed by atoms with Crippen LogP contribution in [0.5, 0.6) is 0 Å². The Morgan fingerprint density at radius 3 is 2.88 bits per heavy atom. The van der Waals surface area contributed by atoms with Gasteiger partial charge in [0.1, 0.15) is 0 Å². The van der Waals surface area contributed by atoms with Gasteiger partial charge in [0, 0.05) is 24.0 Å². The van der Waals surface area contributed by atoms with E-state index < -0.39 is 5.41 Å². The highest BCUT2D eigenvalue weighted by Gasteiger charge is 2.18. The van der Waals surface area contributed by atoms with Crippen molar-refractivity contribution < 1.29 is 4.79 Å². The van der Waals surface area contributed by atoms with Crippen molar-refractivity contribution in [2.24, 2.45) is 5.41 Å². The van der Waals surface area contributed by atoms with E-state index in [1.807, 2.05) is 6.92 Å². The topological polar surface area (TPSA) is 65.8 Å². The Balaban J connectivity index is 2.64. The molecule has 0 saturated carbocycles. The Labute approximate surface area is 95.3 Å². The standard InChI is InChI=1S/C12H15N3O/c1-9-6-10(4-5-14-9)11(16)15-8-12(2,3)7-13/h4-6H,8H2,1-3H3,(H,15,16). The Morgan fingerprint density at radius 1 is 1.62 bits per heavy atom. The van der Waals surface area contributed by atoms with E-state index in [1.165, 1.54) is 0 Å². The summed E-state index contributed by atoms with van der Waals surface area (Å²) in [6.45, 7) is 5.73. The number of hydrogen-bond acceptors (Lipinski definition) is 3. The van der Waals surface area contributed by atoms with Crippen LogP contribution in [0.1, 0.15) is 29.9 Å². The summed E-state index contributed by atoms with van der Waals surface area (Å²) in [5.74, 6) is -0.172. The Bertz CT molecular complexity index is 432. The molecule has 4 nitrogen and oxygen atoms in total. The molecule has 0 atom stereocenters. The van der Waals surface area contributed by atoms with E-state index in [4.69, 9.17) is 5.26 Å². The van der Waals surface area contributed by atoms with Gasteiger partial charge in [-0.25, -0.2) is 0 Å². The molecule has 1 aromatic heterocycles. The molecule has 0 spiro atoms. The third kappa shape index (κ3) is 3.35. The van der Waals surface area contributed by atoms with Crippen LogP contribution < -0.4 is 5.32 Å². The fraction of sp³-hybridized carbons (Fsp3) is 0.417. The van der Waals surface area contributed by atoms with Crippen molar-refractivity contribution in [1.82, 2.24) is 10.3 Å². The molecule has 1 N–H and O–H groups in total. The van der Waals surface area contributed by atoms with Crippen LogP contribution in [0.25, 0.3) is 0 Å². The maximum Gasteiger partial charge on any atom is 0.251 e. The summed E-state index contributed by atoms with van der Waals surface area (Å²) in [4.78, 5) is 15.7. The summed E-state index contributed by atoms with van der Waals surface area (Å²) in [5, 5.41) is 11.5. The number of carbonyl (C=O) groups excluding carboxylic acids is 1. The Morgan fingerprint density at radius 2 is 2.31 bits per heavy atom. The van der Waals surface area contributed by atoms with Crippen LogP contribution in [-0.2, 0) is 0 Å². The average molecular weight is 217 g/mol. The zero-order valence-electron chi connectivity index (χ0n) is 9.74. The molecule has 16 heavy (non-hydrogen) atoms. The van der Waals surface area contributed by atoms with E-state index in [9.17, 15) is 4.79 Å². The van der Waals surface area contributed by atoms with Crippen molar-refractivity contribution in [3.8, 4) is 6.07 Å². The van der Waals surface area contributed by atoms with Crippen LogP contribution in [0.2, 0.25) is 0 Å². The second-order valence-corrected chi connectivity index (χ2v) is 4.36. The van der Waals surface area contributed by atoms with E-state index >= 15 is 0 Å². The molecule has 84 valence electrons. The van der Waals surface area contributed by atoms with Gasteiger partial charge >= 0.3 is 0 Å². The lowest BCUT2D eigenvalue weighted by Crippen LogP contribution is -2.33. The van der Waals surface area contributed by atoms with Crippen molar-refractivity contribution in [3.05, 3.63) is 29.6 Å². The predicted octanol–water partition coefficient (Wildman–Crippen LogP) is 1.67. The molecule has 0 radical (unpaired) electrons. The minimum atomic E-state index is -0.544. The lowest BCUT2D eigenvalue weighted by molar-refractivity contribution is 0.0943. The summed E-state index contributed by atoms with van der Waals surface area (Å²) in [6, 6.07) is 5.50. The minimum absolute atomic E-state index is 0.172. The highest BCUT2D eigenvalue weighted by molar-refractivity contribution is 5.94. The van der Waals surface area contributed by atoms with Gasteiger partial charge in [0.25, 0.3) is 5.91 Å². The van der Waals surface area contributed by atoms with Crippen LogP contribution in [0, 0.1) is 23.7 Å². The highest BCUT2D eigenvalue weighted by atomic mass is 16.1. The lowest BCUT2D eigenvalue weighted by Gasteiger charge is -2.15. The number of carbonyl (C=O) groups is 1. The van der Waals surface area contributed by atoms with E-state index in [-0.39, 0.29) is 5.91 Å². The first-order chi connectivity index (χ1) is 7.44. The number of nitrogens with zero attached hydrogens (tertiary/aromatic N) is 2. The molecule has 0 aliphatic heterocycles. The molecule has 0 saturated heterocycles. The number of nitriles is 1. The van der Waals surface area contributed by atoms with Gasteiger partial charge in [-0.2, -0.15) is 5.26 Å². The Kier molecular flexibility index (Phi) is 3.62. The van der Waals surface area contributed by atoms with Crippen molar-refractivity contribution >= 4 is 5.91 Å². The monoisotopic (exact) mass is 217 g/mol. The number of rotatable bonds is 3. The van der Waals surface area contributed by atoms with Gasteiger partial charge in [-0.1, -0.05) is 0 Å². The fourth-order valence-corrected chi connectivity index (χ4v) is 1.13. The first-order valence-corrected chi connectivity index (χ1v) is 5.07. The van der Waals surface area contributed by atoms with E-state index in [1.54, 1.807) is 32.2 Å². The SMILES string of the molecule is Cc1cc(C(=O)NCC(C)(C)C#N)ccn1. The molecule has 1 rings (SSSR count). The number of pyridine rings is 1. The smallest absolute Gasteiger partial charge is 0.251 e. The maximum absolute atomic E-state index is 11.7. The first-order valence-electron chi connectivity index (χ1n) is 5.07. The molecular weight excluding hydrogens is 202 g/mol. The second kappa shape index (κ2) is 4.75. The summed E-state index contributed by atoms with van der Waals surface area (Å²) in [5.41, 5.74) is 0.825. The third-order valence-electron chi connectivity index (χ3n) is 2.15. The maximum atomic E-state index is 11.7. The molecule has 0 aliphatic rings. The van der Waals surface area contributed by atoms with Gasteiger partial charge in [-0.05, 0) is 32.9 Å². The molecule has 0 fully saturated rings. The molecule has 4 heteroatoms. The van der Waals surface area contributed by atoms with Gasteiger partial charge in [-0.15, -0.1) is 0 Å². The summed E-state index contributed by atoms with van der Waals surface area (Å²) >= 11 is 0. The third-order valence-corrected chi connectivity index (χ3v) is 2.15. The number of amides is 1. The van der Waals surface area contributed by atoms with Gasteiger partial charge in [0.15, 0.2) is 0 Å². The second-order valence-electron chi connectivity index (χ2n) is 4.36. The predicted molar refractivity (Wildman–Crippen MR) is 60.7 cm³/mol. The lowest BCUT2D eigenvalue weighted by atomic mass is 9.96. The molecule has 0 aliphatic carbocycles. The summed E-state index contributed by atoms with van der Waals surface area (Å²) in [6.07, 6.45) is 1.60. The van der Waals surface area contributed by atoms with Crippen LogP contribution in [0.4, 0.5) is 0 Å². The number of aromatic nitrogens is 1. The number of hydrogen-bond donors (Lipinski definition) is 1. The normalized spacial score (nSPS) is 10.6. The fourth-order valence-electron chi connectivity index (χ4n) is 1.13. The molecule has 1 heterocycles. The zero-order chi connectivity index (χ0) is 12.2. The van der Waals surface area contributed by atoms with Crippen LogP contribution in [-0.4, -0.2) is 17.4 Å². The number of aryl methyl sites for hydroxylation is 1. The van der Waals surface area contributed by atoms with Crippen molar-refractivity contribution in [3.63, 3.8) is 0 Å². The minimum Gasteiger partial charge on any atom is -0.350 e. The van der Waals surface area contributed by atoms with Gasteiger partial charge in [-0.3, -0.25) is 9.78 Å². The Hall–Kier alpha value is -1.89. The summed E-state index contributed by atoms with van der Waals surface area (Å²) in [7, 11) is 0. The quantitative estimate of drug-likeness (QED) is 0.837. The molecular formula is C12H15N3O. The van der Waals surface area contributed by atoms with E-state index in [0.717, 1.165) is 5.69 Å². The van der Waals surface area contributed by atoms with Crippen molar-refractivity contribution in [1.29, 1.82) is 5.26 Å². The van der Waals surface area contributed by atoms with Crippen LogP contribution in [0.3, 0.4) is 0 Å². The molecule has 1 aromatic rings. The first kappa shape index (κ1) is 12.2. The molecule has 1 amide bonds. The van der Waals surface area contributed by atoms with E-state index in [2.05, 4.69) is 16.4 Å². The average Bonchev–Trinajstić information content (AvgIpc) is 2.26. The van der Waals surface area contributed by atoms with E-state index in [0.29, 0.717) is 12.1 Å². The zero-order valence-corrected chi connectivity index (χ0v) is 9.74. The van der Waals surface area contributed by atoms with Crippen molar-refractivity contribution in [2.75, 3.05) is 6.54 Å². The highest BCUT2D eigenvalue weighted by Crippen LogP contribution is 2.11. The number of nitrogens with one attached hydrogen (secondary N) is 1. The van der Waals surface area contributed by atoms with Gasteiger partial charge in [0.05, 0.1) is 11.5 Å². The van der Waals surface area contributed by atoms with Crippen molar-refractivity contribution in [2.45, 2.75) is 20.8 Å². The van der Waals surface area contributed by atoms with Crippen LogP contribution in [0.15, 0.2) is 18.3 Å². The molecule has 0 bridgehead atoms. The molecule has 0 unspecified atom stereocenters. The van der Waals surface area contributed by atoms with Crippen LogP contribution >= 0.6 is 0 Å². The largest absolute Gasteiger partial charge is 0.350 e. The summed E-state index contributed by atoms with van der Waals surface area (Å²) < 4.78 is 0. The van der Waals surface area contributed by atoms with Gasteiger partial charge in [0.2, 0.25) is 0 Å². The molecule has 0 aromatic carbocycles. The van der Waals surface area contributed by atoms with Gasteiger partial charge < -0.3 is 5.32 Å².